The molecule has 0 saturated heterocycles. The van der Waals surface area contributed by atoms with E-state index in [9.17, 15) is 18.0 Å². The van der Waals surface area contributed by atoms with Gasteiger partial charge in [-0.05, 0) is 37.3 Å². The van der Waals surface area contributed by atoms with Crippen LogP contribution < -0.4 is 19.5 Å². The molecule has 9 heteroatoms. The fourth-order valence-corrected chi connectivity index (χ4v) is 3.45. The van der Waals surface area contributed by atoms with Crippen LogP contribution in [0, 0.1) is 0 Å². The van der Waals surface area contributed by atoms with Crippen LogP contribution in [-0.4, -0.2) is 34.3 Å². The van der Waals surface area contributed by atoms with Crippen molar-refractivity contribution in [1.29, 1.82) is 0 Å². The Kier molecular flexibility index (Phi) is 6.06. The lowest BCUT2D eigenvalue weighted by molar-refractivity contribution is -0.114. The van der Waals surface area contributed by atoms with Gasteiger partial charge in [-0.1, -0.05) is 0 Å². The number of benzene rings is 2. The summed E-state index contributed by atoms with van der Waals surface area (Å²) in [6.07, 6.45) is 0. The first kappa shape index (κ1) is 20.2. The molecule has 2 aromatic carbocycles. The highest BCUT2D eigenvalue weighted by Gasteiger charge is 2.20. The molecule has 0 heterocycles. The van der Waals surface area contributed by atoms with Gasteiger partial charge in [0.1, 0.15) is 0 Å². The Morgan fingerprint density at radius 2 is 1.48 bits per heavy atom. The maximum Gasteiger partial charge on any atom is 0.261 e. The molecule has 0 aliphatic rings. The maximum absolute atomic E-state index is 12.7. The zero-order valence-electron chi connectivity index (χ0n) is 15.3. The molecule has 144 valence electrons. The quantitative estimate of drug-likeness (QED) is 0.701. The molecule has 0 aromatic heterocycles. The number of anilines is 2. The molecule has 0 aliphatic heterocycles. The van der Waals surface area contributed by atoms with E-state index < -0.39 is 10.0 Å². The summed E-state index contributed by atoms with van der Waals surface area (Å²) < 4.78 is 38.1. The Morgan fingerprint density at radius 1 is 0.926 bits per heavy atom. The van der Waals surface area contributed by atoms with Crippen molar-refractivity contribution in [2.45, 2.75) is 18.7 Å². The minimum atomic E-state index is -3.97. The van der Waals surface area contributed by atoms with E-state index in [4.69, 9.17) is 9.47 Å². The van der Waals surface area contributed by atoms with E-state index >= 15 is 0 Å². The molecule has 27 heavy (non-hydrogen) atoms. The topological polar surface area (TPSA) is 111 Å². The second-order valence-electron chi connectivity index (χ2n) is 5.62. The van der Waals surface area contributed by atoms with Gasteiger partial charge in [0.15, 0.2) is 17.3 Å². The number of rotatable bonds is 7. The Labute approximate surface area is 157 Å². The number of methoxy groups -OCH3 is 2. The van der Waals surface area contributed by atoms with Crippen molar-refractivity contribution in [3.05, 3.63) is 42.0 Å². The molecule has 0 atom stereocenters. The minimum Gasteiger partial charge on any atom is -0.493 e. The third-order valence-corrected chi connectivity index (χ3v) is 5.01. The van der Waals surface area contributed by atoms with Gasteiger partial charge in [0, 0.05) is 24.2 Å². The van der Waals surface area contributed by atoms with Gasteiger partial charge in [-0.2, -0.15) is 0 Å². The van der Waals surface area contributed by atoms with E-state index in [1.54, 1.807) is 0 Å². The van der Waals surface area contributed by atoms with E-state index in [1.165, 1.54) is 64.5 Å². The third kappa shape index (κ3) is 4.76. The van der Waals surface area contributed by atoms with Crippen molar-refractivity contribution in [3.8, 4) is 11.5 Å². The van der Waals surface area contributed by atoms with Gasteiger partial charge in [-0.3, -0.25) is 14.3 Å². The normalized spacial score (nSPS) is 10.8. The molecular formula is C18H20N2O6S. The number of hydrogen-bond acceptors (Lipinski definition) is 6. The second kappa shape index (κ2) is 8.09. The van der Waals surface area contributed by atoms with Gasteiger partial charge in [0.05, 0.1) is 24.8 Å². The molecule has 2 N–H and O–H groups in total. The van der Waals surface area contributed by atoms with E-state index in [0.29, 0.717) is 11.4 Å². The molecule has 2 rings (SSSR count). The van der Waals surface area contributed by atoms with Crippen LogP contribution in [0.25, 0.3) is 0 Å². The number of amides is 1. The monoisotopic (exact) mass is 392 g/mol. The summed E-state index contributed by atoms with van der Waals surface area (Å²) in [5.74, 6) is -0.0127. The van der Waals surface area contributed by atoms with Gasteiger partial charge in [-0.15, -0.1) is 0 Å². The van der Waals surface area contributed by atoms with Crippen molar-refractivity contribution in [1.82, 2.24) is 0 Å². The Bertz CT molecular complexity index is 968. The molecule has 0 aliphatic carbocycles. The average molecular weight is 392 g/mol. The zero-order chi connectivity index (χ0) is 20.2. The average Bonchev–Trinajstić information content (AvgIpc) is 2.60. The fraction of sp³-hybridized carbons (Fsp3) is 0.222. The Hall–Kier alpha value is -3.07. The van der Waals surface area contributed by atoms with Crippen LogP contribution in [0.3, 0.4) is 0 Å². The van der Waals surface area contributed by atoms with Crippen molar-refractivity contribution in [2.75, 3.05) is 24.3 Å². The number of nitrogens with one attached hydrogen (secondary N) is 2. The van der Waals surface area contributed by atoms with Crippen LogP contribution in [-0.2, 0) is 14.8 Å². The van der Waals surface area contributed by atoms with E-state index in [2.05, 4.69) is 10.0 Å². The van der Waals surface area contributed by atoms with E-state index in [0.717, 1.165) is 0 Å². The molecule has 0 fully saturated rings. The summed E-state index contributed by atoms with van der Waals surface area (Å²) in [6.45, 7) is 2.67. The molecule has 0 saturated carbocycles. The SMILES string of the molecule is COc1cc(NS(=O)(=O)c2ccc(NC(C)=O)cc2)c(C(C)=O)cc1OC. The van der Waals surface area contributed by atoms with Crippen LogP contribution in [0.4, 0.5) is 11.4 Å². The van der Waals surface area contributed by atoms with Gasteiger partial charge in [0.25, 0.3) is 10.0 Å². The smallest absolute Gasteiger partial charge is 0.261 e. The number of ether oxygens (including phenoxy) is 2. The molecule has 8 nitrogen and oxygen atoms in total. The second-order valence-corrected chi connectivity index (χ2v) is 7.30. The molecule has 0 unspecified atom stereocenters. The third-order valence-electron chi connectivity index (χ3n) is 3.63. The summed E-state index contributed by atoms with van der Waals surface area (Å²) in [6, 6.07) is 8.44. The molecule has 2 aromatic rings. The van der Waals surface area contributed by atoms with E-state index in [1.807, 2.05) is 0 Å². The van der Waals surface area contributed by atoms with Crippen molar-refractivity contribution in [3.63, 3.8) is 0 Å². The fourth-order valence-electron chi connectivity index (χ4n) is 2.38. The Balaban J connectivity index is 2.42. The predicted molar refractivity (Wildman–Crippen MR) is 101 cm³/mol. The van der Waals surface area contributed by atoms with Crippen LogP contribution >= 0.6 is 0 Å². The molecule has 0 bridgehead atoms. The van der Waals surface area contributed by atoms with Crippen molar-refractivity contribution < 1.29 is 27.5 Å². The molecule has 0 radical (unpaired) electrons. The molecule has 1 amide bonds. The van der Waals surface area contributed by atoms with Gasteiger partial charge in [-0.25, -0.2) is 8.42 Å². The van der Waals surface area contributed by atoms with Gasteiger partial charge >= 0.3 is 0 Å². The van der Waals surface area contributed by atoms with Crippen LogP contribution in [0.2, 0.25) is 0 Å². The summed E-state index contributed by atoms with van der Waals surface area (Å²) >= 11 is 0. The van der Waals surface area contributed by atoms with E-state index in [-0.39, 0.29) is 33.6 Å². The molecular weight excluding hydrogens is 372 g/mol. The summed E-state index contributed by atoms with van der Waals surface area (Å²) in [4.78, 5) is 23.0. The van der Waals surface area contributed by atoms with Gasteiger partial charge in [0.2, 0.25) is 5.91 Å². The van der Waals surface area contributed by atoms with Crippen molar-refractivity contribution >= 4 is 33.1 Å². The van der Waals surface area contributed by atoms with Gasteiger partial charge < -0.3 is 14.8 Å². The lowest BCUT2D eigenvalue weighted by Crippen LogP contribution is -2.15. The van der Waals surface area contributed by atoms with Crippen LogP contribution in [0.15, 0.2) is 41.3 Å². The summed E-state index contributed by atoms with van der Waals surface area (Å²) in [5, 5.41) is 2.56. The lowest BCUT2D eigenvalue weighted by atomic mass is 10.1. The maximum atomic E-state index is 12.7. The highest BCUT2D eigenvalue weighted by atomic mass is 32.2. The lowest BCUT2D eigenvalue weighted by Gasteiger charge is -2.15. The van der Waals surface area contributed by atoms with Crippen molar-refractivity contribution in [2.24, 2.45) is 0 Å². The minimum absolute atomic E-state index is 0.0270. The summed E-state index contributed by atoms with van der Waals surface area (Å²) in [5.41, 5.74) is 0.689. The standard InChI is InChI=1S/C18H20N2O6S/c1-11(21)15-9-17(25-3)18(26-4)10-16(15)20-27(23,24)14-7-5-13(6-8-14)19-12(2)22/h5-10,20H,1-4H3,(H,19,22). The number of ketones is 1. The number of Topliss-reactive ketones (excluding diaryl/α,β-unsaturated/α-hetero) is 1. The highest BCUT2D eigenvalue weighted by Crippen LogP contribution is 2.34. The molecule has 0 spiro atoms. The summed E-state index contributed by atoms with van der Waals surface area (Å²) in [7, 11) is -1.14. The number of carbonyl (C=O) groups excluding carboxylic acids is 2. The van der Waals surface area contributed by atoms with Crippen LogP contribution in [0.1, 0.15) is 24.2 Å². The number of sulfonamides is 1. The largest absolute Gasteiger partial charge is 0.493 e. The highest BCUT2D eigenvalue weighted by molar-refractivity contribution is 7.92. The first-order valence-electron chi connectivity index (χ1n) is 7.85. The first-order chi connectivity index (χ1) is 12.7. The predicted octanol–water partition coefficient (Wildman–Crippen LogP) is 2.67. The van der Waals surface area contributed by atoms with Crippen LogP contribution in [0.5, 0.6) is 11.5 Å². The Morgan fingerprint density at radius 3 is 1.96 bits per heavy atom. The number of carbonyl (C=O) groups is 2. The zero-order valence-corrected chi connectivity index (χ0v) is 16.1. The first-order valence-corrected chi connectivity index (χ1v) is 9.33. The number of hydrogen-bond donors (Lipinski definition) is 2.